The molecule has 1 aliphatic rings. The predicted molar refractivity (Wildman–Crippen MR) is 107 cm³/mol. The Hall–Kier alpha value is -3.04. The molecule has 27 heavy (non-hydrogen) atoms. The van der Waals surface area contributed by atoms with Crippen LogP contribution in [0.3, 0.4) is 0 Å². The number of nitrogens with one attached hydrogen (secondary N) is 1. The monoisotopic (exact) mass is 399 g/mol. The van der Waals surface area contributed by atoms with Crippen LogP contribution in [-0.2, 0) is 4.79 Å². The largest absolute Gasteiger partial charge is 0.285 e. The summed E-state index contributed by atoms with van der Waals surface area (Å²) >= 11 is 6.24. The summed E-state index contributed by atoms with van der Waals surface area (Å²) in [6.45, 7) is 1.96. The summed E-state index contributed by atoms with van der Waals surface area (Å²) in [5.41, 5.74) is 4.19. The molecule has 1 aliphatic heterocycles. The second-order valence-corrected chi connectivity index (χ2v) is 7.35. The van der Waals surface area contributed by atoms with E-state index in [2.05, 4.69) is 5.43 Å². The van der Waals surface area contributed by atoms with Crippen molar-refractivity contribution >= 4 is 51.9 Å². The number of thiocarbonyl (C=S) groups is 1. The third-order valence-electron chi connectivity index (χ3n) is 3.70. The molecule has 2 aromatic rings. The predicted octanol–water partition coefficient (Wildman–Crippen LogP) is 3.45. The van der Waals surface area contributed by atoms with E-state index >= 15 is 0 Å². The van der Waals surface area contributed by atoms with Gasteiger partial charge in [0, 0.05) is 17.7 Å². The SMILES string of the molecule is Cc1ccc(/C=C2/SC(=S)N(NC(=O)c3cccc([N+](=O)[O-])c3)C2=O)cc1. The molecule has 0 saturated carbocycles. The molecule has 7 nitrogen and oxygen atoms in total. The number of nitrogens with zero attached hydrogens (tertiary/aromatic N) is 2. The highest BCUT2D eigenvalue weighted by Gasteiger charge is 2.33. The molecule has 136 valence electrons. The molecule has 1 saturated heterocycles. The molecule has 1 heterocycles. The van der Waals surface area contributed by atoms with Crippen LogP contribution in [0.4, 0.5) is 5.69 Å². The average Bonchev–Trinajstić information content (AvgIpc) is 2.91. The van der Waals surface area contributed by atoms with Crippen molar-refractivity contribution in [3.63, 3.8) is 0 Å². The number of aryl methyl sites for hydroxylation is 1. The molecule has 0 aliphatic carbocycles. The average molecular weight is 399 g/mol. The molecule has 1 N–H and O–H groups in total. The van der Waals surface area contributed by atoms with Gasteiger partial charge in [-0.2, -0.15) is 5.01 Å². The van der Waals surface area contributed by atoms with E-state index in [0.717, 1.165) is 34.0 Å². The van der Waals surface area contributed by atoms with Gasteiger partial charge in [0.2, 0.25) is 0 Å². The van der Waals surface area contributed by atoms with E-state index in [0.29, 0.717) is 4.91 Å². The Bertz CT molecular complexity index is 986. The van der Waals surface area contributed by atoms with Crippen molar-refractivity contribution < 1.29 is 14.5 Å². The standard InChI is InChI=1S/C18H13N3O4S2/c1-11-5-7-12(8-6-11)9-15-17(23)20(18(26)27-15)19-16(22)13-3-2-4-14(10-13)21(24)25/h2-10H,1H3,(H,19,22)/b15-9+. The van der Waals surface area contributed by atoms with Gasteiger partial charge in [-0.1, -0.05) is 47.7 Å². The van der Waals surface area contributed by atoms with E-state index in [9.17, 15) is 19.7 Å². The second-order valence-electron chi connectivity index (χ2n) is 5.68. The Kier molecular flexibility index (Phi) is 5.33. The molecule has 1 fully saturated rings. The molecule has 0 unspecified atom stereocenters. The molecule has 0 spiro atoms. The van der Waals surface area contributed by atoms with Crippen LogP contribution < -0.4 is 5.43 Å². The number of amides is 2. The summed E-state index contributed by atoms with van der Waals surface area (Å²) in [5.74, 6) is -1.11. The molecular formula is C18H13N3O4S2. The van der Waals surface area contributed by atoms with Crippen LogP contribution in [0, 0.1) is 17.0 Å². The van der Waals surface area contributed by atoms with Gasteiger partial charge in [-0.3, -0.25) is 25.1 Å². The molecule has 2 aromatic carbocycles. The van der Waals surface area contributed by atoms with E-state index in [-0.39, 0.29) is 15.6 Å². The van der Waals surface area contributed by atoms with Crippen molar-refractivity contribution in [2.24, 2.45) is 0 Å². The maximum atomic E-state index is 12.6. The third-order valence-corrected chi connectivity index (χ3v) is 5.00. The first-order valence-electron chi connectivity index (χ1n) is 7.75. The number of carbonyl (C=O) groups excluding carboxylic acids is 2. The molecule has 3 rings (SSSR count). The number of hydrogen-bond donors (Lipinski definition) is 1. The van der Waals surface area contributed by atoms with E-state index in [1.54, 1.807) is 6.08 Å². The maximum Gasteiger partial charge on any atom is 0.285 e. The van der Waals surface area contributed by atoms with Crippen LogP contribution in [0.1, 0.15) is 21.5 Å². The number of rotatable bonds is 4. The topological polar surface area (TPSA) is 92.6 Å². The van der Waals surface area contributed by atoms with Crippen molar-refractivity contribution in [1.29, 1.82) is 0 Å². The van der Waals surface area contributed by atoms with E-state index in [1.165, 1.54) is 18.2 Å². The number of nitro groups is 1. The Morgan fingerprint density at radius 1 is 1.26 bits per heavy atom. The van der Waals surface area contributed by atoms with Crippen LogP contribution in [-0.4, -0.2) is 26.1 Å². The molecule has 9 heteroatoms. The van der Waals surface area contributed by atoms with Gasteiger partial charge >= 0.3 is 0 Å². The van der Waals surface area contributed by atoms with Gasteiger partial charge in [0.05, 0.1) is 9.83 Å². The molecule has 0 atom stereocenters. The van der Waals surface area contributed by atoms with Gasteiger partial charge in [-0.25, -0.2) is 0 Å². The van der Waals surface area contributed by atoms with Crippen LogP contribution in [0.25, 0.3) is 6.08 Å². The highest BCUT2D eigenvalue weighted by molar-refractivity contribution is 8.26. The van der Waals surface area contributed by atoms with Gasteiger partial charge < -0.3 is 0 Å². The van der Waals surface area contributed by atoms with Crippen molar-refractivity contribution in [1.82, 2.24) is 10.4 Å². The summed E-state index contributed by atoms with van der Waals surface area (Å²) in [7, 11) is 0. The fraction of sp³-hybridized carbons (Fsp3) is 0.0556. The summed E-state index contributed by atoms with van der Waals surface area (Å²) in [4.78, 5) is 35.5. The van der Waals surface area contributed by atoms with Gasteiger partial charge in [0.1, 0.15) is 0 Å². The Morgan fingerprint density at radius 2 is 1.96 bits per heavy atom. The zero-order valence-electron chi connectivity index (χ0n) is 14.0. The highest BCUT2D eigenvalue weighted by Crippen LogP contribution is 2.31. The lowest BCUT2D eigenvalue weighted by molar-refractivity contribution is -0.384. The van der Waals surface area contributed by atoms with Crippen molar-refractivity contribution in [2.45, 2.75) is 6.92 Å². The quantitative estimate of drug-likeness (QED) is 0.366. The number of non-ortho nitro benzene ring substituents is 1. The molecule has 0 radical (unpaired) electrons. The lowest BCUT2D eigenvalue weighted by Gasteiger charge is -2.15. The van der Waals surface area contributed by atoms with Gasteiger partial charge in [-0.15, -0.1) is 0 Å². The second kappa shape index (κ2) is 7.68. The van der Waals surface area contributed by atoms with Crippen molar-refractivity contribution in [3.05, 3.63) is 80.2 Å². The zero-order chi connectivity index (χ0) is 19.6. The van der Waals surface area contributed by atoms with Crippen LogP contribution in [0.2, 0.25) is 0 Å². The summed E-state index contributed by atoms with van der Waals surface area (Å²) in [5, 5.41) is 11.8. The minimum Gasteiger partial charge on any atom is -0.267 e. The molecular weight excluding hydrogens is 386 g/mol. The highest BCUT2D eigenvalue weighted by atomic mass is 32.2. The van der Waals surface area contributed by atoms with Gasteiger partial charge in [0.25, 0.3) is 17.5 Å². The molecule has 2 amide bonds. The lowest BCUT2D eigenvalue weighted by atomic mass is 10.1. The number of nitro benzene ring substituents is 1. The summed E-state index contributed by atoms with van der Waals surface area (Å²) in [6, 6.07) is 12.8. The van der Waals surface area contributed by atoms with E-state index in [1.807, 2.05) is 31.2 Å². The normalized spacial score (nSPS) is 15.3. The fourth-order valence-electron chi connectivity index (χ4n) is 2.30. The van der Waals surface area contributed by atoms with Crippen LogP contribution in [0.15, 0.2) is 53.4 Å². The smallest absolute Gasteiger partial charge is 0.267 e. The van der Waals surface area contributed by atoms with E-state index < -0.39 is 16.7 Å². The number of hydrazine groups is 1. The summed E-state index contributed by atoms with van der Waals surface area (Å²) < 4.78 is 0.178. The van der Waals surface area contributed by atoms with Crippen LogP contribution >= 0.6 is 24.0 Å². The first-order valence-corrected chi connectivity index (χ1v) is 8.98. The zero-order valence-corrected chi connectivity index (χ0v) is 15.7. The number of benzene rings is 2. The fourth-order valence-corrected chi connectivity index (χ4v) is 3.48. The lowest BCUT2D eigenvalue weighted by Crippen LogP contribution is -2.44. The third kappa shape index (κ3) is 4.21. The first kappa shape index (κ1) is 18.7. The van der Waals surface area contributed by atoms with Gasteiger partial charge in [0.15, 0.2) is 4.32 Å². The molecule has 0 aromatic heterocycles. The Balaban J connectivity index is 1.77. The number of thioether (sulfide) groups is 1. The summed E-state index contributed by atoms with van der Waals surface area (Å²) in [6.07, 6.45) is 1.69. The number of carbonyl (C=O) groups is 2. The van der Waals surface area contributed by atoms with Crippen molar-refractivity contribution in [2.75, 3.05) is 0 Å². The van der Waals surface area contributed by atoms with Crippen molar-refractivity contribution in [3.8, 4) is 0 Å². The first-order chi connectivity index (χ1) is 12.8. The number of hydrogen-bond acceptors (Lipinski definition) is 6. The minimum absolute atomic E-state index is 0.0563. The van der Waals surface area contributed by atoms with Gasteiger partial charge in [-0.05, 0) is 36.8 Å². The van der Waals surface area contributed by atoms with Crippen LogP contribution in [0.5, 0.6) is 0 Å². The Labute approximate surface area is 164 Å². The minimum atomic E-state index is -0.661. The Morgan fingerprint density at radius 3 is 2.63 bits per heavy atom. The van der Waals surface area contributed by atoms with E-state index in [4.69, 9.17) is 12.2 Å². The maximum absolute atomic E-state index is 12.6. The molecule has 0 bridgehead atoms.